The van der Waals surface area contributed by atoms with E-state index in [9.17, 15) is 13.2 Å². The molecule has 1 aliphatic rings. The van der Waals surface area contributed by atoms with Crippen molar-refractivity contribution < 1.29 is 13.2 Å². The van der Waals surface area contributed by atoms with E-state index in [0.29, 0.717) is 18.7 Å². The van der Waals surface area contributed by atoms with Gasteiger partial charge in [-0.15, -0.1) is 0 Å². The lowest BCUT2D eigenvalue weighted by molar-refractivity contribution is 0.0999. The second-order valence-electron chi connectivity index (χ2n) is 5.16. The van der Waals surface area contributed by atoms with Crippen LogP contribution in [0.1, 0.15) is 41.6 Å². The van der Waals surface area contributed by atoms with Crippen LogP contribution >= 0.6 is 0 Å². The van der Waals surface area contributed by atoms with Gasteiger partial charge in [0.1, 0.15) is 0 Å². The van der Waals surface area contributed by atoms with Crippen molar-refractivity contribution >= 4 is 15.9 Å². The Morgan fingerprint density at radius 2 is 1.75 bits per heavy atom. The molecule has 0 unspecified atom stereocenters. The van der Waals surface area contributed by atoms with Crippen LogP contribution in [-0.4, -0.2) is 31.7 Å². The molecule has 0 radical (unpaired) electrons. The van der Waals surface area contributed by atoms with Gasteiger partial charge in [-0.2, -0.15) is 4.31 Å². The van der Waals surface area contributed by atoms with E-state index in [1.165, 1.54) is 10.4 Å². The summed E-state index contributed by atoms with van der Waals surface area (Å²) in [6.45, 7) is 2.83. The minimum absolute atomic E-state index is 0.152. The largest absolute Gasteiger partial charge is 0.366 e. The number of primary amides is 1. The molecule has 2 rings (SSSR count). The van der Waals surface area contributed by atoms with Crippen molar-refractivity contribution in [2.24, 2.45) is 5.73 Å². The Morgan fingerprint density at radius 3 is 2.30 bits per heavy atom. The zero-order valence-corrected chi connectivity index (χ0v) is 12.4. The molecule has 0 saturated carbocycles. The molecule has 110 valence electrons. The zero-order valence-electron chi connectivity index (χ0n) is 11.6. The highest BCUT2D eigenvalue weighted by Gasteiger charge is 2.26. The van der Waals surface area contributed by atoms with Crippen LogP contribution in [-0.2, 0) is 10.0 Å². The molecule has 20 heavy (non-hydrogen) atoms. The predicted molar refractivity (Wildman–Crippen MR) is 76.9 cm³/mol. The van der Waals surface area contributed by atoms with Gasteiger partial charge in [0.2, 0.25) is 15.9 Å². The second-order valence-corrected chi connectivity index (χ2v) is 7.10. The smallest absolute Gasteiger partial charge is 0.249 e. The molecule has 1 amide bonds. The van der Waals surface area contributed by atoms with Crippen molar-refractivity contribution in [1.82, 2.24) is 4.31 Å². The van der Waals surface area contributed by atoms with Gasteiger partial charge >= 0.3 is 0 Å². The molecule has 0 bridgehead atoms. The maximum Gasteiger partial charge on any atom is 0.249 e. The summed E-state index contributed by atoms with van der Waals surface area (Å²) in [4.78, 5) is 11.5. The van der Waals surface area contributed by atoms with Crippen LogP contribution in [0.4, 0.5) is 0 Å². The first kappa shape index (κ1) is 15.0. The average molecular weight is 296 g/mol. The summed E-state index contributed by atoms with van der Waals surface area (Å²) in [6, 6.07) is 4.56. The zero-order chi connectivity index (χ0) is 14.8. The topological polar surface area (TPSA) is 80.5 Å². The number of benzene rings is 1. The molecule has 1 aliphatic heterocycles. The maximum atomic E-state index is 12.6. The van der Waals surface area contributed by atoms with E-state index in [1.54, 1.807) is 19.1 Å². The van der Waals surface area contributed by atoms with Crippen LogP contribution < -0.4 is 5.73 Å². The summed E-state index contributed by atoms with van der Waals surface area (Å²) in [5, 5.41) is 0. The molecule has 1 aromatic carbocycles. The van der Waals surface area contributed by atoms with E-state index in [2.05, 4.69) is 0 Å². The van der Waals surface area contributed by atoms with Crippen molar-refractivity contribution in [2.45, 2.75) is 37.5 Å². The Hall–Kier alpha value is -1.40. The first-order valence-corrected chi connectivity index (χ1v) is 8.27. The minimum atomic E-state index is -3.53. The van der Waals surface area contributed by atoms with E-state index in [4.69, 9.17) is 5.73 Å². The molecule has 1 fully saturated rings. The number of nitrogens with zero attached hydrogens (tertiary/aromatic N) is 1. The number of hydrogen-bond acceptors (Lipinski definition) is 3. The molecule has 6 heteroatoms. The number of aryl methyl sites for hydroxylation is 1. The lowest BCUT2D eigenvalue weighted by Gasteiger charge is -2.20. The number of nitrogens with two attached hydrogens (primary N) is 1. The van der Waals surface area contributed by atoms with E-state index < -0.39 is 15.9 Å². The van der Waals surface area contributed by atoms with Gasteiger partial charge in [0.05, 0.1) is 4.90 Å². The molecular weight excluding hydrogens is 276 g/mol. The number of hydrogen-bond donors (Lipinski definition) is 1. The highest BCUT2D eigenvalue weighted by Crippen LogP contribution is 2.22. The summed E-state index contributed by atoms with van der Waals surface area (Å²) in [6.07, 6.45) is 3.89. The normalized spacial score (nSPS) is 17.6. The number of carbonyl (C=O) groups is 1. The van der Waals surface area contributed by atoms with Gasteiger partial charge < -0.3 is 5.73 Å². The highest BCUT2D eigenvalue weighted by atomic mass is 32.2. The third kappa shape index (κ3) is 3.02. The first-order valence-electron chi connectivity index (χ1n) is 6.83. The minimum Gasteiger partial charge on any atom is -0.366 e. The molecule has 1 aromatic rings. The molecule has 0 aromatic heterocycles. The van der Waals surface area contributed by atoms with Crippen molar-refractivity contribution in [1.29, 1.82) is 0 Å². The van der Waals surface area contributed by atoms with Gasteiger partial charge in [-0.05, 0) is 37.5 Å². The highest BCUT2D eigenvalue weighted by molar-refractivity contribution is 7.89. The van der Waals surface area contributed by atoms with Crippen LogP contribution in [0.2, 0.25) is 0 Å². The van der Waals surface area contributed by atoms with Crippen molar-refractivity contribution in [3.63, 3.8) is 0 Å². The fourth-order valence-corrected chi connectivity index (χ4v) is 4.00. The third-order valence-electron chi connectivity index (χ3n) is 3.68. The van der Waals surface area contributed by atoms with E-state index in [-0.39, 0.29) is 10.5 Å². The average Bonchev–Trinajstić information content (AvgIpc) is 2.67. The van der Waals surface area contributed by atoms with Crippen LogP contribution in [0.25, 0.3) is 0 Å². The number of sulfonamides is 1. The van der Waals surface area contributed by atoms with Crippen LogP contribution in [0.5, 0.6) is 0 Å². The van der Waals surface area contributed by atoms with Crippen molar-refractivity contribution in [2.75, 3.05) is 13.1 Å². The van der Waals surface area contributed by atoms with Gasteiger partial charge in [-0.25, -0.2) is 8.42 Å². The predicted octanol–water partition coefficient (Wildman–Crippen LogP) is 1.66. The summed E-state index contributed by atoms with van der Waals surface area (Å²) in [7, 11) is -3.53. The Bertz CT molecular complexity index is 603. The van der Waals surface area contributed by atoms with Crippen molar-refractivity contribution in [3.05, 3.63) is 29.3 Å². The SMILES string of the molecule is Cc1ccc(S(=O)(=O)N2CCCCCC2)cc1C(N)=O. The van der Waals surface area contributed by atoms with E-state index in [1.807, 2.05) is 0 Å². The van der Waals surface area contributed by atoms with Crippen LogP contribution in [0.15, 0.2) is 23.1 Å². The standard InChI is InChI=1S/C14H20N2O3S/c1-11-6-7-12(10-13(11)14(15)17)20(18,19)16-8-4-2-3-5-9-16/h6-7,10H,2-5,8-9H2,1H3,(H2,15,17). The van der Waals surface area contributed by atoms with E-state index >= 15 is 0 Å². The molecule has 0 atom stereocenters. The van der Waals surface area contributed by atoms with Crippen molar-refractivity contribution in [3.8, 4) is 0 Å². The molecule has 5 nitrogen and oxygen atoms in total. The van der Waals surface area contributed by atoms with Gasteiger partial charge in [0.25, 0.3) is 0 Å². The van der Waals surface area contributed by atoms with Crippen LogP contribution in [0, 0.1) is 6.92 Å². The number of rotatable bonds is 3. The van der Waals surface area contributed by atoms with Gasteiger partial charge in [0, 0.05) is 18.7 Å². The summed E-state index contributed by atoms with van der Waals surface area (Å²) >= 11 is 0. The lowest BCUT2D eigenvalue weighted by atomic mass is 10.1. The quantitative estimate of drug-likeness (QED) is 0.921. The third-order valence-corrected chi connectivity index (χ3v) is 5.57. The maximum absolute atomic E-state index is 12.6. The molecule has 0 aliphatic carbocycles. The molecule has 0 spiro atoms. The van der Waals surface area contributed by atoms with Gasteiger partial charge in [-0.3, -0.25) is 4.79 Å². The van der Waals surface area contributed by atoms with Gasteiger partial charge in [0.15, 0.2) is 0 Å². The Kier molecular flexibility index (Phi) is 4.45. The fraction of sp³-hybridized carbons (Fsp3) is 0.500. The second kappa shape index (κ2) is 5.93. The number of carbonyl (C=O) groups excluding carboxylic acids is 1. The van der Waals surface area contributed by atoms with Gasteiger partial charge in [-0.1, -0.05) is 18.9 Å². The van der Waals surface area contributed by atoms with Crippen LogP contribution in [0.3, 0.4) is 0 Å². The van der Waals surface area contributed by atoms with E-state index in [0.717, 1.165) is 25.7 Å². The Balaban J connectivity index is 2.38. The molecule has 1 saturated heterocycles. The lowest BCUT2D eigenvalue weighted by Crippen LogP contribution is -2.32. The molecular formula is C14H20N2O3S. The summed E-state index contributed by atoms with van der Waals surface area (Å²) in [5.74, 6) is -0.601. The Labute approximate surface area is 119 Å². The fourth-order valence-electron chi connectivity index (χ4n) is 2.46. The molecule has 1 heterocycles. The number of amides is 1. The Morgan fingerprint density at radius 1 is 1.15 bits per heavy atom. The molecule has 2 N–H and O–H groups in total. The summed E-state index contributed by atoms with van der Waals surface area (Å²) in [5.41, 5.74) is 6.23. The first-order chi connectivity index (χ1) is 9.43. The summed E-state index contributed by atoms with van der Waals surface area (Å²) < 4.78 is 26.7. The monoisotopic (exact) mass is 296 g/mol.